The smallest absolute Gasteiger partial charge is 0.0551 e. The first-order valence-electron chi connectivity index (χ1n) is 5.54. The van der Waals surface area contributed by atoms with E-state index in [0.29, 0.717) is 12.0 Å². The highest BCUT2D eigenvalue weighted by atomic mass is 35.5. The number of hydrazine groups is 1. The highest BCUT2D eigenvalue weighted by Crippen LogP contribution is 2.31. The molecular weight excluding hydrogens is 224 g/mol. The molecule has 0 radical (unpaired) electrons. The van der Waals surface area contributed by atoms with Crippen molar-refractivity contribution in [1.29, 1.82) is 0 Å². The van der Waals surface area contributed by atoms with Crippen LogP contribution in [-0.2, 0) is 4.74 Å². The number of nitrogens with one attached hydrogen (secondary N) is 1. The summed E-state index contributed by atoms with van der Waals surface area (Å²) in [5.74, 6) is 6.05. The van der Waals surface area contributed by atoms with E-state index in [2.05, 4.69) is 12.3 Å². The Morgan fingerprint density at radius 1 is 1.56 bits per heavy atom. The van der Waals surface area contributed by atoms with Crippen LogP contribution in [0.2, 0.25) is 5.02 Å². The van der Waals surface area contributed by atoms with Crippen LogP contribution in [0.5, 0.6) is 0 Å². The summed E-state index contributed by atoms with van der Waals surface area (Å²) in [4.78, 5) is 0. The molecule has 4 heteroatoms. The number of ether oxygens (including phenoxy) is 1. The molecule has 1 heterocycles. The average molecular weight is 241 g/mol. The lowest BCUT2D eigenvalue weighted by Crippen LogP contribution is -2.33. The van der Waals surface area contributed by atoms with E-state index in [1.54, 1.807) is 0 Å². The standard InChI is InChI=1S/C12H17ClN2O/c1-8-5-10(7-16-8)12(15-14)9-3-2-4-11(13)6-9/h2-4,6,8,10,12,15H,5,7,14H2,1H3. The van der Waals surface area contributed by atoms with Crippen LogP contribution in [0, 0.1) is 5.92 Å². The Kier molecular flexibility index (Phi) is 3.82. The normalized spacial score (nSPS) is 26.9. The number of halogens is 1. The Hall–Kier alpha value is -0.610. The lowest BCUT2D eigenvalue weighted by atomic mass is 9.91. The summed E-state index contributed by atoms with van der Waals surface area (Å²) in [7, 11) is 0. The third kappa shape index (κ3) is 2.55. The van der Waals surface area contributed by atoms with E-state index in [1.807, 2.05) is 24.3 Å². The predicted octanol–water partition coefficient (Wildman–Crippen LogP) is 2.27. The zero-order valence-corrected chi connectivity index (χ0v) is 10.1. The zero-order valence-electron chi connectivity index (χ0n) is 9.32. The van der Waals surface area contributed by atoms with Crippen LogP contribution in [0.25, 0.3) is 0 Å². The van der Waals surface area contributed by atoms with Gasteiger partial charge in [-0.25, -0.2) is 0 Å². The fourth-order valence-corrected chi connectivity index (χ4v) is 2.49. The minimum atomic E-state index is 0.114. The maximum absolute atomic E-state index is 5.98. The van der Waals surface area contributed by atoms with E-state index in [-0.39, 0.29) is 6.04 Å². The van der Waals surface area contributed by atoms with Crippen LogP contribution >= 0.6 is 11.6 Å². The van der Waals surface area contributed by atoms with Crippen LogP contribution in [0.3, 0.4) is 0 Å². The second kappa shape index (κ2) is 5.15. The summed E-state index contributed by atoms with van der Waals surface area (Å²) in [6.07, 6.45) is 1.35. The molecule has 1 aliphatic rings. The van der Waals surface area contributed by atoms with Gasteiger partial charge in [0.05, 0.1) is 18.8 Å². The molecule has 0 bridgehead atoms. The summed E-state index contributed by atoms with van der Waals surface area (Å²) < 4.78 is 5.57. The molecule has 1 aliphatic heterocycles. The van der Waals surface area contributed by atoms with Crippen molar-refractivity contribution in [3.05, 3.63) is 34.9 Å². The summed E-state index contributed by atoms with van der Waals surface area (Å²) in [5.41, 5.74) is 3.99. The molecule has 16 heavy (non-hydrogen) atoms. The van der Waals surface area contributed by atoms with Gasteiger partial charge in [-0.2, -0.15) is 0 Å². The summed E-state index contributed by atoms with van der Waals surface area (Å²) >= 11 is 5.98. The second-order valence-electron chi connectivity index (χ2n) is 4.34. The van der Waals surface area contributed by atoms with Crippen molar-refractivity contribution in [3.63, 3.8) is 0 Å². The fourth-order valence-electron chi connectivity index (χ4n) is 2.29. The quantitative estimate of drug-likeness (QED) is 0.630. The Bertz CT molecular complexity index is 359. The minimum Gasteiger partial charge on any atom is -0.378 e. The molecule has 2 rings (SSSR count). The van der Waals surface area contributed by atoms with Gasteiger partial charge in [0, 0.05) is 10.9 Å². The van der Waals surface area contributed by atoms with Crippen molar-refractivity contribution in [3.8, 4) is 0 Å². The second-order valence-corrected chi connectivity index (χ2v) is 4.78. The molecule has 0 amide bonds. The van der Waals surface area contributed by atoms with Crippen molar-refractivity contribution in [2.45, 2.75) is 25.5 Å². The molecular formula is C12H17ClN2O. The number of benzene rings is 1. The van der Waals surface area contributed by atoms with Crippen molar-refractivity contribution < 1.29 is 4.74 Å². The molecule has 0 spiro atoms. The summed E-state index contributed by atoms with van der Waals surface area (Å²) in [6.45, 7) is 2.84. The van der Waals surface area contributed by atoms with Gasteiger partial charge in [-0.1, -0.05) is 23.7 Å². The van der Waals surface area contributed by atoms with E-state index in [9.17, 15) is 0 Å². The molecule has 0 aromatic heterocycles. The largest absolute Gasteiger partial charge is 0.378 e. The molecule has 0 aliphatic carbocycles. The van der Waals surface area contributed by atoms with Gasteiger partial charge in [0.1, 0.15) is 0 Å². The fraction of sp³-hybridized carbons (Fsp3) is 0.500. The molecule has 3 N–H and O–H groups in total. The van der Waals surface area contributed by atoms with E-state index in [4.69, 9.17) is 22.2 Å². The third-order valence-corrected chi connectivity index (χ3v) is 3.32. The first kappa shape index (κ1) is 11.9. The van der Waals surface area contributed by atoms with Crippen molar-refractivity contribution in [1.82, 2.24) is 5.43 Å². The first-order chi connectivity index (χ1) is 7.70. The molecule has 0 saturated carbocycles. The van der Waals surface area contributed by atoms with E-state index >= 15 is 0 Å². The lowest BCUT2D eigenvalue weighted by molar-refractivity contribution is 0.117. The molecule has 1 aromatic carbocycles. The van der Waals surface area contributed by atoms with Crippen LogP contribution < -0.4 is 11.3 Å². The molecule has 3 unspecified atom stereocenters. The van der Waals surface area contributed by atoms with Gasteiger partial charge in [0.15, 0.2) is 0 Å². The Morgan fingerprint density at radius 2 is 2.38 bits per heavy atom. The molecule has 1 saturated heterocycles. The van der Waals surface area contributed by atoms with E-state index in [1.165, 1.54) is 0 Å². The average Bonchev–Trinajstić information content (AvgIpc) is 2.66. The van der Waals surface area contributed by atoms with Gasteiger partial charge in [-0.15, -0.1) is 0 Å². The summed E-state index contributed by atoms with van der Waals surface area (Å²) in [5, 5.41) is 0.740. The predicted molar refractivity (Wildman–Crippen MR) is 65.0 cm³/mol. The van der Waals surface area contributed by atoms with Crippen molar-refractivity contribution in [2.24, 2.45) is 11.8 Å². The zero-order chi connectivity index (χ0) is 11.5. The topological polar surface area (TPSA) is 47.3 Å². The van der Waals surface area contributed by atoms with E-state index in [0.717, 1.165) is 23.6 Å². The summed E-state index contributed by atoms with van der Waals surface area (Å²) in [6, 6.07) is 7.92. The SMILES string of the molecule is CC1CC(C(NN)c2cccc(Cl)c2)CO1. The number of rotatable bonds is 3. The van der Waals surface area contributed by atoms with Gasteiger partial charge in [-0.05, 0) is 31.0 Å². The Balaban J connectivity index is 2.16. The van der Waals surface area contributed by atoms with Gasteiger partial charge in [0.25, 0.3) is 0 Å². The highest BCUT2D eigenvalue weighted by Gasteiger charge is 2.29. The maximum Gasteiger partial charge on any atom is 0.0551 e. The van der Waals surface area contributed by atoms with E-state index < -0.39 is 0 Å². The maximum atomic E-state index is 5.98. The third-order valence-electron chi connectivity index (χ3n) is 3.09. The van der Waals surface area contributed by atoms with Crippen LogP contribution in [0.4, 0.5) is 0 Å². The monoisotopic (exact) mass is 240 g/mol. The molecule has 1 aromatic rings. The van der Waals surface area contributed by atoms with Gasteiger partial charge in [-0.3, -0.25) is 11.3 Å². The first-order valence-corrected chi connectivity index (χ1v) is 5.91. The Labute approximate surface area is 101 Å². The lowest BCUT2D eigenvalue weighted by Gasteiger charge is -2.22. The number of nitrogens with two attached hydrogens (primary N) is 1. The van der Waals surface area contributed by atoms with Crippen molar-refractivity contribution >= 4 is 11.6 Å². The van der Waals surface area contributed by atoms with Gasteiger partial charge < -0.3 is 4.74 Å². The highest BCUT2D eigenvalue weighted by molar-refractivity contribution is 6.30. The number of hydrogen-bond donors (Lipinski definition) is 2. The Morgan fingerprint density at radius 3 is 2.94 bits per heavy atom. The van der Waals surface area contributed by atoms with Crippen LogP contribution in [-0.4, -0.2) is 12.7 Å². The molecule has 88 valence electrons. The van der Waals surface area contributed by atoms with Crippen molar-refractivity contribution in [2.75, 3.05) is 6.61 Å². The molecule has 3 atom stereocenters. The van der Waals surface area contributed by atoms with Crippen LogP contribution in [0.1, 0.15) is 24.9 Å². The minimum absolute atomic E-state index is 0.114. The number of hydrogen-bond acceptors (Lipinski definition) is 3. The van der Waals surface area contributed by atoms with Gasteiger partial charge >= 0.3 is 0 Å². The molecule has 3 nitrogen and oxygen atoms in total. The molecule has 1 fully saturated rings. The van der Waals surface area contributed by atoms with Gasteiger partial charge in [0.2, 0.25) is 0 Å². The van der Waals surface area contributed by atoms with Crippen LogP contribution in [0.15, 0.2) is 24.3 Å².